The number of carboxylic acids is 1. The fourth-order valence-electron chi connectivity index (χ4n) is 5.82. The Kier molecular flexibility index (Phi) is 6.45. The Balaban J connectivity index is 1.33. The predicted molar refractivity (Wildman–Crippen MR) is 143 cm³/mol. The van der Waals surface area contributed by atoms with Crippen molar-refractivity contribution in [2.24, 2.45) is 11.7 Å². The average molecular weight is 557 g/mol. The van der Waals surface area contributed by atoms with Gasteiger partial charge in [-0.2, -0.15) is 0 Å². The molecule has 12 heteroatoms. The number of fused-ring (bicyclic) bond motifs is 1. The normalized spacial score (nSPS) is 24.4. The minimum Gasteiger partial charge on any atom is -0.593 e. The van der Waals surface area contributed by atoms with Gasteiger partial charge < -0.3 is 29.9 Å². The van der Waals surface area contributed by atoms with Gasteiger partial charge in [-0.05, 0) is 55.5 Å². The highest BCUT2D eigenvalue weighted by Crippen LogP contribution is 2.47. The van der Waals surface area contributed by atoms with Crippen molar-refractivity contribution in [3.63, 3.8) is 0 Å². The van der Waals surface area contributed by atoms with E-state index in [2.05, 4.69) is 9.71 Å². The molecule has 0 radical (unpaired) electrons. The van der Waals surface area contributed by atoms with Crippen LogP contribution in [0, 0.1) is 11.7 Å². The minimum atomic E-state index is -1.50. The van der Waals surface area contributed by atoms with E-state index in [1.165, 1.54) is 12.1 Å². The number of carbonyl (C=O) groups excluding carboxylic acids is 1. The zero-order valence-electron chi connectivity index (χ0n) is 21.2. The zero-order valence-corrected chi connectivity index (χ0v) is 22.1. The van der Waals surface area contributed by atoms with Crippen LogP contribution in [0.5, 0.6) is 0 Å². The van der Waals surface area contributed by atoms with E-state index in [1.54, 1.807) is 23.1 Å². The molecular formula is C27H29FN4O6S. The van der Waals surface area contributed by atoms with Crippen LogP contribution in [0.4, 0.5) is 14.9 Å². The highest BCUT2D eigenvalue weighted by molar-refractivity contribution is 7.93. The fourth-order valence-corrected chi connectivity index (χ4v) is 6.81. The standard InChI is InChI=1S/C27H29FN4O6S/c1-14(32-13-27(38-26(32)35)8-15(9-27)10-29)18-3-2-4-19-22(24(25(33)34)30-23(18)19)16-5-6-21(20(28)7-16)31-39(36)17-11-37-12-17/h2-7,14-15,17,30-31H,8-13,29H2,1H3,(H,33,34)/t14-,15?,27?,39?/m0/s1. The number of rotatable bonds is 8. The Morgan fingerprint density at radius 3 is 2.77 bits per heavy atom. The molecule has 1 amide bonds. The van der Waals surface area contributed by atoms with Gasteiger partial charge in [0.2, 0.25) is 0 Å². The van der Waals surface area contributed by atoms with Gasteiger partial charge in [-0.1, -0.05) is 24.3 Å². The van der Waals surface area contributed by atoms with E-state index in [0.29, 0.717) is 54.3 Å². The number of halogens is 1. The molecule has 1 aromatic heterocycles. The number of nitrogens with two attached hydrogens (primary N) is 1. The fraction of sp³-hybridized carbons (Fsp3) is 0.407. The summed E-state index contributed by atoms with van der Waals surface area (Å²) in [6.07, 6.45) is 1.06. The number of aromatic amines is 1. The van der Waals surface area contributed by atoms with Crippen molar-refractivity contribution in [3.05, 3.63) is 53.5 Å². The van der Waals surface area contributed by atoms with Gasteiger partial charge in [0.15, 0.2) is 11.1 Å². The van der Waals surface area contributed by atoms with Crippen LogP contribution in [0.1, 0.15) is 41.9 Å². The number of carboxylic acid groups (broad SMARTS) is 1. The summed E-state index contributed by atoms with van der Waals surface area (Å²) in [5.41, 5.74) is 7.17. The third-order valence-electron chi connectivity index (χ3n) is 8.03. The molecule has 2 saturated heterocycles. The molecule has 3 aliphatic rings. The first-order valence-electron chi connectivity index (χ1n) is 12.8. The van der Waals surface area contributed by atoms with E-state index >= 15 is 4.39 Å². The summed E-state index contributed by atoms with van der Waals surface area (Å²) < 4.78 is 40.9. The van der Waals surface area contributed by atoms with Gasteiger partial charge in [-0.15, -0.1) is 0 Å². The molecule has 10 nitrogen and oxygen atoms in total. The molecule has 0 bridgehead atoms. The summed E-state index contributed by atoms with van der Waals surface area (Å²) >= 11 is -1.50. The lowest BCUT2D eigenvalue weighted by molar-refractivity contribution is -0.0439. The molecule has 3 fully saturated rings. The Morgan fingerprint density at radius 1 is 1.36 bits per heavy atom. The van der Waals surface area contributed by atoms with Gasteiger partial charge in [0.25, 0.3) is 0 Å². The van der Waals surface area contributed by atoms with Crippen molar-refractivity contribution in [1.82, 2.24) is 9.88 Å². The lowest BCUT2D eigenvalue weighted by atomic mass is 9.71. The molecule has 1 saturated carbocycles. The number of aromatic carboxylic acids is 1. The molecule has 6 rings (SSSR count). The molecule has 3 heterocycles. The third kappa shape index (κ3) is 4.41. The maximum Gasteiger partial charge on any atom is 0.411 e. The largest absolute Gasteiger partial charge is 0.593 e. The number of amides is 1. The van der Waals surface area contributed by atoms with Gasteiger partial charge in [0.05, 0.1) is 42.7 Å². The van der Waals surface area contributed by atoms with Gasteiger partial charge in [0, 0.05) is 10.9 Å². The van der Waals surface area contributed by atoms with E-state index in [-0.39, 0.29) is 16.6 Å². The van der Waals surface area contributed by atoms with Gasteiger partial charge >= 0.3 is 12.1 Å². The van der Waals surface area contributed by atoms with Crippen LogP contribution in [-0.2, 0) is 20.8 Å². The lowest BCUT2D eigenvalue weighted by Crippen LogP contribution is -2.49. The molecule has 2 atom stereocenters. The quantitative estimate of drug-likeness (QED) is 0.306. The SMILES string of the molecule is C[C@@H](c1cccc2c(-c3ccc(N[S+]([O-])C4COC4)c(F)c3)c(C(=O)O)[nH]c12)N1CC2(CC(CN)C2)OC1=O. The minimum absolute atomic E-state index is 0.0596. The van der Waals surface area contributed by atoms with Gasteiger partial charge in [0.1, 0.15) is 17.0 Å². The Morgan fingerprint density at radius 2 is 2.13 bits per heavy atom. The Hall–Kier alpha value is -3.32. The van der Waals surface area contributed by atoms with Crippen molar-refractivity contribution < 1.29 is 33.1 Å². The van der Waals surface area contributed by atoms with Crippen molar-refractivity contribution in [3.8, 4) is 11.1 Å². The van der Waals surface area contributed by atoms with E-state index in [1.807, 2.05) is 13.0 Å². The number of aromatic nitrogens is 1. The van der Waals surface area contributed by atoms with Crippen LogP contribution < -0.4 is 10.5 Å². The lowest BCUT2D eigenvalue weighted by Gasteiger charge is -2.42. The van der Waals surface area contributed by atoms with Crippen LogP contribution in [0.25, 0.3) is 22.0 Å². The first kappa shape index (κ1) is 25.9. The number of hydrogen-bond donors (Lipinski definition) is 4. The van der Waals surface area contributed by atoms with E-state index in [9.17, 15) is 19.2 Å². The average Bonchev–Trinajstić information content (AvgIpc) is 3.41. The highest BCUT2D eigenvalue weighted by atomic mass is 32.2. The maximum absolute atomic E-state index is 15.1. The van der Waals surface area contributed by atoms with E-state index < -0.39 is 40.9 Å². The summed E-state index contributed by atoms with van der Waals surface area (Å²) in [7, 11) is 0. The second-order valence-corrected chi connectivity index (χ2v) is 12.0. The van der Waals surface area contributed by atoms with E-state index in [0.717, 1.165) is 18.4 Å². The number of para-hydroxylation sites is 1. The Bertz CT molecular complexity index is 1450. The van der Waals surface area contributed by atoms with Crippen molar-refractivity contribution in [1.29, 1.82) is 0 Å². The Labute approximate surface area is 226 Å². The molecule has 1 spiro atoms. The molecule has 1 aliphatic carbocycles. The molecule has 2 aliphatic heterocycles. The third-order valence-corrected chi connectivity index (χ3v) is 9.33. The number of hydrogen-bond acceptors (Lipinski definition) is 7. The second-order valence-electron chi connectivity index (χ2n) is 10.6. The molecule has 206 valence electrons. The summed E-state index contributed by atoms with van der Waals surface area (Å²) in [6.45, 7) is 3.57. The summed E-state index contributed by atoms with van der Waals surface area (Å²) in [5, 5.41) is 10.4. The van der Waals surface area contributed by atoms with Crippen molar-refractivity contribution >= 4 is 40.0 Å². The summed E-state index contributed by atoms with van der Waals surface area (Å²) in [5.74, 6) is -1.51. The van der Waals surface area contributed by atoms with Crippen LogP contribution >= 0.6 is 0 Å². The molecule has 1 unspecified atom stereocenters. The van der Waals surface area contributed by atoms with E-state index in [4.69, 9.17) is 15.2 Å². The molecule has 3 aromatic rings. The van der Waals surface area contributed by atoms with Gasteiger partial charge in [-0.3, -0.25) is 4.90 Å². The summed E-state index contributed by atoms with van der Waals surface area (Å²) in [4.78, 5) is 29.8. The number of nitrogens with one attached hydrogen (secondary N) is 2. The number of anilines is 1. The first-order chi connectivity index (χ1) is 18.7. The molecule has 39 heavy (non-hydrogen) atoms. The van der Waals surface area contributed by atoms with Crippen molar-refractivity contribution in [2.75, 3.05) is 31.0 Å². The van der Waals surface area contributed by atoms with Crippen LogP contribution in [0.15, 0.2) is 36.4 Å². The molecule has 2 aromatic carbocycles. The first-order valence-corrected chi connectivity index (χ1v) is 14.0. The number of H-pyrrole nitrogens is 1. The van der Waals surface area contributed by atoms with Crippen LogP contribution in [0.2, 0.25) is 0 Å². The van der Waals surface area contributed by atoms with Crippen molar-refractivity contribution in [2.45, 2.75) is 36.7 Å². The van der Waals surface area contributed by atoms with Crippen LogP contribution in [0.3, 0.4) is 0 Å². The maximum atomic E-state index is 15.1. The smallest absolute Gasteiger partial charge is 0.411 e. The highest BCUT2D eigenvalue weighted by Gasteiger charge is 2.54. The van der Waals surface area contributed by atoms with Gasteiger partial charge in [-0.25, -0.2) is 18.7 Å². The monoisotopic (exact) mass is 556 g/mol. The van der Waals surface area contributed by atoms with Crippen LogP contribution in [-0.4, -0.2) is 68.8 Å². The number of nitrogens with zero attached hydrogens (tertiary/aromatic N) is 1. The molecular weight excluding hydrogens is 527 g/mol. The molecule has 5 N–H and O–H groups in total. The zero-order chi connectivity index (χ0) is 27.5. The number of ether oxygens (including phenoxy) is 2. The summed E-state index contributed by atoms with van der Waals surface area (Å²) in [6, 6.07) is 9.27. The number of carbonyl (C=O) groups is 2. The number of benzene rings is 2. The second kappa shape index (κ2) is 9.70. The topological polar surface area (TPSA) is 153 Å². The predicted octanol–water partition coefficient (Wildman–Crippen LogP) is 3.77.